The van der Waals surface area contributed by atoms with Crippen LogP contribution in [0.15, 0.2) is 67.5 Å². The molecule has 0 saturated heterocycles. The molecule has 2 aromatic rings. The quantitative estimate of drug-likeness (QED) is 0.138. The molecular weight excluding hydrogens is 796 g/mol. The molecular formula is C29H32Br4O8. The summed E-state index contributed by atoms with van der Waals surface area (Å²) in [6, 6.07) is 7.95. The molecule has 8 nitrogen and oxygen atoms in total. The summed E-state index contributed by atoms with van der Waals surface area (Å²) in [6.07, 6.45) is 0.305. The summed E-state index contributed by atoms with van der Waals surface area (Å²) in [7, 11) is 0. The van der Waals surface area contributed by atoms with E-state index in [4.69, 9.17) is 28.4 Å². The minimum Gasteiger partial charge on any atom is -0.487 e. The van der Waals surface area contributed by atoms with Crippen molar-refractivity contribution >= 4 is 76.0 Å². The molecule has 2 rings (SSSR count). The van der Waals surface area contributed by atoms with E-state index in [1.807, 2.05) is 24.3 Å². The number of hydrogen-bond donors (Lipinski definition) is 0. The van der Waals surface area contributed by atoms with Crippen LogP contribution in [0.2, 0.25) is 0 Å². The smallest absolute Gasteiger partial charge is 0.487 e. The van der Waals surface area contributed by atoms with Crippen molar-refractivity contribution in [2.24, 2.45) is 0 Å². The van der Waals surface area contributed by atoms with Crippen molar-refractivity contribution in [3.05, 3.63) is 78.6 Å². The first kappa shape index (κ1) is 35.2. The predicted molar refractivity (Wildman–Crippen MR) is 171 cm³/mol. The molecule has 0 aliphatic heterocycles. The van der Waals surface area contributed by atoms with Crippen LogP contribution in [0.4, 0.5) is 9.59 Å². The Morgan fingerprint density at radius 2 is 1.05 bits per heavy atom. The van der Waals surface area contributed by atoms with Gasteiger partial charge in [0, 0.05) is 5.41 Å². The number of benzene rings is 2. The topological polar surface area (TPSA) is 89.5 Å². The standard InChI is InChI=1S/C29H32Br4O8/c1-7-9-36-27(34)40-17(3)15-38-25-21(30)11-19(12-22(25)31)29(5,6)20-13-23(32)26(24(33)14-20)39-16-18(4)41-28(35)37-10-8-2/h7-8,11-14,17-18H,1-2,9-10,15-16H2,3-6H3. The predicted octanol–water partition coefficient (Wildman–Crippen LogP) is 9.28. The maximum absolute atomic E-state index is 11.6. The highest BCUT2D eigenvalue weighted by Crippen LogP contribution is 2.44. The molecule has 12 heteroatoms. The Labute approximate surface area is 274 Å². The Hall–Kier alpha value is -2.02. The van der Waals surface area contributed by atoms with Crippen molar-refractivity contribution in [1.82, 2.24) is 0 Å². The minimum atomic E-state index is -0.781. The average Bonchev–Trinajstić information content (AvgIpc) is 2.89. The van der Waals surface area contributed by atoms with Gasteiger partial charge in [-0.1, -0.05) is 39.2 Å². The van der Waals surface area contributed by atoms with Crippen LogP contribution in [0, 0.1) is 0 Å². The molecule has 0 bridgehead atoms. The fraction of sp³-hybridized carbons (Fsp3) is 0.379. The number of halogens is 4. The van der Waals surface area contributed by atoms with E-state index in [1.54, 1.807) is 13.8 Å². The summed E-state index contributed by atoms with van der Waals surface area (Å²) in [4.78, 5) is 23.3. The molecule has 0 amide bonds. The van der Waals surface area contributed by atoms with Crippen LogP contribution >= 0.6 is 63.7 Å². The molecule has 0 aromatic heterocycles. The average molecular weight is 828 g/mol. The molecule has 2 aromatic carbocycles. The first-order valence-electron chi connectivity index (χ1n) is 12.4. The van der Waals surface area contributed by atoms with Gasteiger partial charge in [0.1, 0.15) is 50.1 Å². The summed E-state index contributed by atoms with van der Waals surface area (Å²) < 4.78 is 34.8. The first-order chi connectivity index (χ1) is 19.3. The summed E-state index contributed by atoms with van der Waals surface area (Å²) in [5.41, 5.74) is 1.59. The lowest BCUT2D eigenvalue weighted by atomic mass is 9.78. The summed E-state index contributed by atoms with van der Waals surface area (Å²) in [5.74, 6) is 1.16. The highest BCUT2D eigenvalue weighted by Gasteiger charge is 2.28. The Morgan fingerprint density at radius 1 is 0.732 bits per heavy atom. The molecule has 0 radical (unpaired) electrons. The largest absolute Gasteiger partial charge is 0.508 e. The normalized spacial score (nSPS) is 12.5. The zero-order chi connectivity index (χ0) is 30.7. The van der Waals surface area contributed by atoms with Crippen molar-refractivity contribution in [3.8, 4) is 11.5 Å². The molecule has 0 N–H and O–H groups in total. The number of carbonyl (C=O) groups excluding carboxylic acids is 2. The summed E-state index contributed by atoms with van der Waals surface area (Å²) in [5, 5.41) is 0. The number of ether oxygens (including phenoxy) is 6. The van der Waals surface area contributed by atoms with E-state index in [2.05, 4.69) is 90.7 Å². The van der Waals surface area contributed by atoms with Crippen molar-refractivity contribution in [3.63, 3.8) is 0 Å². The van der Waals surface area contributed by atoms with E-state index >= 15 is 0 Å². The molecule has 2 unspecified atom stereocenters. The van der Waals surface area contributed by atoms with E-state index in [-0.39, 0.29) is 26.4 Å². The van der Waals surface area contributed by atoms with Gasteiger partial charge in [-0.25, -0.2) is 9.59 Å². The second-order valence-corrected chi connectivity index (χ2v) is 12.8. The van der Waals surface area contributed by atoms with Gasteiger partial charge >= 0.3 is 12.3 Å². The fourth-order valence-electron chi connectivity index (χ4n) is 3.40. The van der Waals surface area contributed by atoms with Gasteiger partial charge in [0.2, 0.25) is 0 Å². The fourth-order valence-corrected chi connectivity index (χ4v) is 6.23. The van der Waals surface area contributed by atoms with Crippen LogP contribution < -0.4 is 9.47 Å². The number of carbonyl (C=O) groups is 2. The molecule has 0 aliphatic rings. The van der Waals surface area contributed by atoms with Crippen LogP contribution in [0.1, 0.15) is 38.8 Å². The second-order valence-electron chi connectivity index (χ2n) is 9.34. The van der Waals surface area contributed by atoms with E-state index in [0.29, 0.717) is 11.5 Å². The summed E-state index contributed by atoms with van der Waals surface area (Å²) in [6.45, 7) is 15.0. The van der Waals surface area contributed by atoms with Crippen LogP contribution in [-0.4, -0.2) is 50.9 Å². The molecule has 2 atom stereocenters. The van der Waals surface area contributed by atoms with E-state index in [1.165, 1.54) is 12.2 Å². The summed E-state index contributed by atoms with van der Waals surface area (Å²) >= 11 is 14.5. The molecule has 0 fully saturated rings. The zero-order valence-corrected chi connectivity index (χ0v) is 29.5. The lowest BCUT2D eigenvalue weighted by Crippen LogP contribution is -2.23. The SMILES string of the molecule is C=CCOC(=O)OC(C)COc1c(Br)cc(C(C)(C)c2cc(Br)c(OCC(C)OC(=O)OCC=C)c(Br)c2)cc1Br. The first-order valence-corrected chi connectivity index (χ1v) is 15.6. The molecule has 0 aliphatic carbocycles. The monoisotopic (exact) mass is 824 g/mol. The van der Waals surface area contributed by atoms with Gasteiger partial charge in [0.15, 0.2) is 0 Å². The highest BCUT2D eigenvalue weighted by molar-refractivity contribution is 9.11. The van der Waals surface area contributed by atoms with Crippen LogP contribution in [0.3, 0.4) is 0 Å². The third-order valence-electron chi connectivity index (χ3n) is 5.60. The molecule has 224 valence electrons. The number of hydrogen-bond acceptors (Lipinski definition) is 8. The number of rotatable bonds is 14. The van der Waals surface area contributed by atoms with Gasteiger partial charge in [-0.2, -0.15) is 0 Å². The van der Waals surface area contributed by atoms with Crippen molar-refractivity contribution in [2.75, 3.05) is 26.4 Å². The molecule has 0 heterocycles. The minimum absolute atomic E-state index is 0.0759. The van der Waals surface area contributed by atoms with Gasteiger partial charge in [-0.3, -0.25) is 0 Å². The maximum Gasteiger partial charge on any atom is 0.508 e. The van der Waals surface area contributed by atoms with Gasteiger partial charge < -0.3 is 28.4 Å². The van der Waals surface area contributed by atoms with Crippen molar-refractivity contribution < 1.29 is 38.0 Å². The van der Waals surface area contributed by atoms with E-state index in [0.717, 1.165) is 29.0 Å². The molecule has 0 saturated carbocycles. The van der Waals surface area contributed by atoms with E-state index in [9.17, 15) is 9.59 Å². The Morgan fingerprint density at radius 3 is 1.34 bits per heavy atom. The Kier molecular flexibility index (Phi) is 14.2. The van der Waals surface area contributed by atoms with Crippen LogP contribution in [0.5, 0.6) is 11.5 Å². The molecule has 0 spiro atoms. The molecule has 41 heavy (non-hydrogen) atoms. The third-order valence-corrected chi connectivity index (χ3v) is 7.95. The van der Waals surface area contributed by atoms with Crippen LogP contribution in [0.25, 0.3) is 0 Å². The Bertz CT molecular complexity index is 1110. The highest BCUT2D eigenvalue weighted by atomic mass is 79.9. The van der Waals surface area contributed by atoms with Gasteiger partial charge in [0.25, 0.3) is 0 Å². The Balaban J connectivity index is 2.14. The van der Waals surface area contributed by atoms with Gasteiger partial charge in [-0.05, 0) is 113 Å². The van der Waals surface area contributed by atoms with Crippen molar-refractivity contribution in [2.45, 2.75) is 45.3 Å². The van der Waals surface area contributed by atoms with Crippen LogP contribution in [-0.2, 0) is 24.4 Å². The van der Waals surface area contributed by atoms with E-state index < -0.39 is 29.9 Å². The van der Waals surface area contributed by atoms with Crippen molar-refractivity contribution in [1.29, 1.82) is 0 Å². The zero-order valence-electron chi connectivity index (χ0n) is 23.1. The van der Waals surface area contributed by atoms with Gasteiger partial charge in [-0.15, -0.1) is 0 Å². The lowest BCUT2D eigenvalue weighted by molar-refractivity contribution is 0.0183. The second kappa shape index (κ2) is 16.6. The lowest BCUT2D eigenvalue weighted by Gasteiger charge is -2.28. The third kappa shape index (κ3) is 10.6. The van der Waals surface area contributed by atoms with Gasteiger partial charge in [0.05, 0.1) is 17.9 Å². The maximum atomic E-state index is 11.6.